The smallest absolute Gasteiger partial charge is 0.306 e. The van der Waals surface area contributed by atoms with Crippen molar-refractivity contribution < 1.29 is 37.6 Å². The molecule has 0 spiro atoms. The Morgan fingerprint density at radius 2 is 1.20 bits per heavy atom. The fourth-order valence-electron chi connectivity index (χ4n) is 5.40. The highest BCUT2D eigenvalue weighted by molar-refractivity contribution is 7.45. The minimum absolute atomic E-state index is 0.0183. The number of nitrogens with two attached hydrogens (primary N) is 1. The van der Waals surface area contributed by atoms with E-state index in [1.807, 2.05) is 0 Å². The molecule has 266 valence electrons. The minimum atomic E-state index is -4.61. The molecule has 0 aromatic heterocycles. The summed E-state index contributed by atoms with van der Waals surface area (Å²) in [7, 11) is -4.61. The van der Waals surface area contributed by atoms with E-state index in [-0.39, 0.29) is 32.6 Å². The van der Waals surface area contributed by atoms with E-state index in [4.69, 9.17) is 19.7 Å². The minimum Gasteiger partial charge on any atom is -0.756 e. The fraction of sp³-hybridized carbons (Fsp3) is 0.943. The van der Waals surface area contributed by atoms with Gasteiger partial charge < -0.3 is 29.1 Å². The molecule has 1 aliphatic rings. The molecule has 45 heavy (non-hydrogen) atoms. The Morgan fingerprint density at radius 3 is 1.71 bits per heavy atom. The molecule has 1 fully saturated rings. The van der Waals surface area contributed by atoms with Crippen molar-refractivity contribution in [2.45, 2.75) is 174 Å². The summed E-state index contributed by atoms with van der Waals surface area (Å²) in [6.07, 6.45) is 26.0. The normalized spacial score (nSPS) is 15.2. The van der Waals surface area contributed by atoms with Crippen molar-refractivity contribution in [2.75, 3.05) is 26.4 Å². The lowest BCUT2D eigenvalue weighted by molar-refractivity contribution is -0.228. The number of phosphoric ester groups is 1. The fourth-order valence-corrected chi connectivity index (χ4v) is 6.15. The largest absolute Gasteiger partial charge is 0.756 e. The summed E-state index contributed by atoms with van der Waals surface area (Å²) < 4.78 is 32.2. The number of phosphoric acid groups is 1. The van der Waals surface area contributed by atoms with Crippen LogP contribution in [0.5, 0.6) is 0 Å². The van der Waals surface area contributed by atoms with E-state index in [1.165, 1.54) is 103 Å². The molecule has 0 amide bonds. The summed E-state index contributed by atoms with van der Waals surface area (Å²) in [5.41, 5.74) is 5.30. The number of rotatable bonds is 33. The maximum absolute atomic E-state index is 12.5. The van der Waals surface area contributed by atoms with Crippen LogP contribution in [0.25, 0.3) is 0 Å². The first kappa shape index (κ1) is 42.0. The van der Waals surface area contributed by atoms with E-state index in [1.54, 1.807) is 0 Å². The molecule has 1 saturated carbocycles. The molecule has 2 N–H and O–H groups in total. The number of carbonyl (C=O) groups is 2. The van der Waals surface area contributed by atoms with Crippen molar-refractivity contribution in [3.63, 3.8) is 0 Å². The topological polar surface area (TPSA) is 137 Å². The monoisotopic (exact) mass is 660 g/mol. The summed E-state index contributed by atoms with van der Waals surface area (Å²) in [4.78, 5) is 36.7. The van der Waals surface area contributed by atoms with Gasteiger partial charge in [-0.15, -0.1) is 0 Å². The molecule has 0 radical (unpaired) electrons. The Morgan fingerprint density at radius 1 is 0.711 bits per heavy atom. The predicted molar refractivity (Wildman–Crippen MR) is 179 cm³/mol. The second kappa shape index (κ2) is 28.1. The Kier molecular flexibility index (Phi) is 26.2. The molecule has 0 aliphatic heterocycles. The maximum atomic E-state index is 12.5. The van der Waals surface area contributed by atoms with Crippen LogP contribution in [0.2, 0.25) is 0 Å². The molecule has 9 nitrogen and oxygen atoms in total. The zero-order chi connectivity index (χ0) is 33.0. The van der Waals surface area contributed by atoms with Crippen LogP contribution in [0.1, 0.15) is 168 Å². The van der Waals surface area contributed by atoms with Crippen molar-refractivity contribution >= 4 is 19.8 Å². The second-order valence-electron chi connectivity index (χ2n) is 13.4. The van der Waals surface area contributed by atoms with Crippen molar-refractivity contribution in [3.8, 4) is 0 Å². The van der Waals surface area contributed by atoms with Crippen LogP contribution in [-0.4, -0.2) is 44.4 Å². The molecule has 1 aliphatic carbocycles. The average Bonchev–Trinajstić information content (AvgIpc) is 3.83. The number of esters is 2. The summed E-state index contributed by atoms with van der Waals surface area (Å²) in [5, 5.41) is 0. The highest BCUT2D eigenvalue weighted by atomic mass is 31.2. The van der Waals surface area contributed by atoms with Crippen molar-refractivity contribution in [3.05, 3.63) is 0 Å². The van der Waals surface area contributed by atoms with E-state index in [0.29, 0.717) is 6.42 Å². The summed E-state index contributed by atoms with van der Waals surface area (Å²) in [6, 6.07) is 0. The Labute approximate surface area is 275 Å². The zero-order valence-corrected chi connectivity index (χ0v) is 29.7. The van der Waals surface area contributed by atoms with Gasteiger partial charge in [0.2, 0.25) is 0 Å². The molecule has 2 atom stereocenters. The van der Waals surface area contributed by atoms with Gasteiger partial charge in [-0.05, 0) is 24.7 Å². The first-order valence-corrected chi connectivity index (χ1v) is 19.8. The van der Waals surface area contributed by atoms with E-state index in [9.17, 15) is 19.0 Å². The van der Waals surface area contributed by atoms with Gasteiger partial charge in [-0.3, -0.25) is 14.2 Å². The lowest BCUT2D eigenvalue weighted by Gasteiger charge is -2.25. The first-order chi connectivity index (χ1) is 21.7. The standard InChI is InChI=1S/C35H68NO8P/c1-31(2)21-17-13-9-5-3-7-11-15-19-23-34(37)41-29-33(30-43-45(39,40)42-28-27-36)44-35(38)24-20-16-12-8-4-6-10-14-18-22-32-25-26-32/h31-33H,3-30,36H2,1-2H3,(H,39,40)/p-1/t33-/m0/s1. The molecule has 10 heteroatoms. The van der Waals surface area contributed by atoms with E-state index < -0.39 is 32.5 Å². The Hall–Kier alpha value is -0.990. The van der Waals surface area contributed by atoms with Gasteiger partial charge in [0.05, 0.1) is 13.2 Å². The van der Waals surface area contributed by atoms with Crippen LogP contribution in [0, 0.1) is 11.8 Å². The van der Waals surface area contributed by atoms with Crippen LogP contribution in [0.3, 0.4) is 0 Å². The van der Waals surface area contributed by atoms with Gasteiger partial charge in [0, 0.05) is 19.4 Å². The zero-order valence-electron chi connectivity index (χ0n) is 28.8. The summed E-state index contributed by atoms with van der Waals surface area (Å²) in [5.74, 6) is 0.970. The molecular formula is C35H67NO8P-. The first-order valence-electron chi connectivity index (χ1n) is 18.4. The third-order valence-electron chi connectivity index (χ3n) is 8.37. The van der Waals surface area contributed by atoms with Gasteiger partial charge in [-0.25, -0.2) is 0 Å². The number of hydrogen-bond acceptors (Lipinski definition) is 9. The third kappa shape index (κ3) is 28.9. The predicted octanol–water partition coefficient (Wildman–Crippen LogP) is 8.55. The summed E-state index contributed by atoms with van der Waals surface area (Å²) in [6.45, 7) is 3.60. The van der Waals surface area contributed by atoms with Gasteiger partial charge in [-0.1, -0.05) is 142 Å². The Balaban J connectivity index is 2.20. The molecule has 0 aromatic rings. The summed E-state index contributed by atoms with van der Waals surface area (Å²) >= 11 is 0. The molecule has 1 rings (SSSR count). The van der Waals surface area contributed by atoms with Gasteiger partial charge in [0.1, 0.15) is 6.61 Å². The van der Waals surface area contributed by atoms with Gasteiger partial charge >= 0.3 is 11.9 Å². The molecule has 0 heterocycles. The van der Waals surface area contributed by atoms with E-state index in [2.05, 4.69) is 18.4 Å². The van der Waals surface area contributed by atoms with Crippen LogP contribution in [-0.2, 0) is 32.7 Å². The maximum Gasteiger partial charge on any atom is 0.306 e. The van der Waals surface area contributed by atoms with Gasteiger partial charge in [0.25, 0.3) is 7.82 Å². The molecular weight excluding hydrogens is 593 g/mol. The van der Waals surface area contributed by atoms with Crippen LogP contribution in [0.15, 0.2) is 0 Å². The van der Waals surface area contributed by atoms with Crippen LogP contribution < -0.4 is 10.6 Å². The van der Waals surface area contributed by atoms with E-state index in [0.717, 1.165) is 43.9 Å². The lowest BCUT2D eigenvalue weighted by atomic mass is 10.0. The second-order valence-corrected chi connectivity index (χ2v) is 14.8. The quantitative estimate of drug-likeness (QED) is 0.0417. The SMILES string of the molecule is CC(C)CCCCCCCCCCCC(=O)OC[C@@H](COP(=O)([O-])OCCN)OC(=O)CCCCCCCCCCCC1CC1. The van der Waals surface area contributed by atoms with E-state index >= 15 is 0 Å². The number of hydrogen-bond donors (Lipinski definition) is 1. The van der Waals surface area contributed by atoms with Gasteiger partial charge in [-0.2, -0.15) is 0 Å². The van der Waals surface area contributed by atoms with Crippen molar-refractivity contribution in [1.29, 1.82) is 0 Å². The highest BCUT2D eigenvalue weighted by Gasteiger charge is 2.21. The van der Waals surface area contributed by atoms with Crippen LogP contribution >= 0.6 is 7.82 Å². The third-order valence-corrected chi connectivity index (χ3v) is 9.33. The molecule has 0 saturated heterocycles. The average molecular weight is 661 g/mol. The number of carbonyl (C=O) groups excluding carboxylic acids is 2. The highest BCUT2D eigenvalue weighted by Crippen LogP contribution is 2.38. The van der Waals surface area contributed by atoms with Crippen molar-refractivity contribution in [2.24, 2.45) is 17.6 Å². The number of unbranched alkanes of at least 4 members (excludes halogenated alkanes) is 16. The number of ether oxygens (including phenoxy) is 2. The molecule has 0 bridgehead atoms. The van der Waals surface area contributed by atoms with Gasteiger partial charge in [0.15, 0.2) is 6.10 Å². The lowest BCUT2D eigenvalue weighted by Crippen LogP contribution is -2.30. The van der Waals surface area contributed by atoms with Crippen LogP contribution in [0.4, 0.5) is 0 Å². The van der Waals surface area contributed by atoms with Crippen molar-refractivity contribution in [1.82, 2.24) is 0 Å². The molecule has 1 unspecified atom stereocenters. The Bertz CT molecular complexity index is 777. The molecule has 0 aromatic carbocycles.